The summed E-state index contributed by atoms with van der Waals surface area (Å²) in [6, 6.07) is 16.2. The number of esters is 1. The summed E-state index contributed by atoms with van der Waals surface area (Å²) < 4.78 is 5.10. The first kappa shape index (κ1) is 20.1. The molecule has 1 aromatic heterocycles. The highest BCUT2D eigenvalue weighted by Gasteiger charge is 2.14. The molecule has 3 aromatic rings. The van der Waals surface area contributed by atoms with E-state index >= 15 is 0 Å². The standard InChI is InChI=1S/C23H23N3O3/c1-4-29-23(28)18-9-5-6-10-20(18)25-17-12-13-24-21(14-17)22(27)26-19-11-7-8-15(2)16(19)3/h5-14H,4H2,1-3H3,(H,24,25)(H,26,27). The fourth-order valence-corrected chi connectivity index (χ4v) is 2.84. The number of hydrogen-bond acceptors (Lipinski definition) is 5. The third kappa shape index (κ3) is 4.79. The van der Waals surface area contributed by atoms with Crippen molar-refractivity contribution in [3.05, 3.63) is 83.2 Å². The van der Waals surface area contributed by atoms with Crippen LogP contribution in [0.4, 0.5) is 17.1 Å². The molecule has 148 valence electrons. The number of aryl methyl sites for hydroxylation is 1. The van der Waals surface area contributed by atoms with Gasteiger partial charge < -0.3 is 15.4 Å². The van der Waals surface area contributed by atoms with Crippen LogP contribution in [-0.2, 0) is 4.74 Å². The van der Waals surface area contributed by atoms with Gasteiger partial charge in [0.05, 0.1) is 17.9 Å². The maximum atomic E-state index is 12.7. The lowest BCUT2D eigenvalue weighted by Crippen LogP contribution is -2.15. The predicted molar refractivity (Wildman–Crippen MR) is 114 cm³/mol. The van der Waals surface area contributed by atoms with Gasteiger partial charge in [0.1, 0.15) is 5.69 Å². The van der Waals surface area contributed by atoms with Gasteiger partial charge in [0.25, 0.3) is 5.91 Å². The van der Waals surface area contributed by atoms with Crippen molar-refractivity contribution in [2.45, 2.75) is 20.8 Å². The van der Waals surface area contributed by atoms with E-state index in [9.17, 15) is 9.59 Å². The molecule has 6 heteroatoms. The molecule has 6 nitrogen and oxygen atoms in total. The van der Waals surface area contributed by atoms with Gasteiger partial charge in [-0.25, -0.2) is 4.79 Å². The van der Waals surface area contributed by atoms with Crippen LogP contribution in [0.5, 0.6) is 0 Å². The minimum atomic E-state index is -0.405. The Morgan fingerprint density at radius 3 is 2.55 bits per heavy atom. The molecule has 0 unspecified atom stereocenters. The largest absolute Gasteiger partial charge is 0.462 e. The minimum Gasteiger partial charge on any atom is -0.462 e. The number of nitrogens with zero attached hydrogens (tertiary/aromatic N) is 1. The van der Waals surface area contributed by atoms with Crippen molar-refractivity contribution in [3.8, 4) is 0 Å². The Kier molecular flexibility index (Phi) is 6.24. The number of anilines is 3. The summed E-state index contributed by atoms with van der Waals surface area (Å²) in [5.74, 6) is -0.710. The van der Waals surface area contributed by atoms with Crippen molar-refractivity contribution in [2.75, 3.05) is 17.2 Å². The predicted octanol–water partition coefficient (Wildman–Crippen LogP) is 4.87. The van der Waals surface area contributed by atoms with Crippen molar-refractivity contribution in [1.82, 2.24) is 4.98 Å². The fourth-order valence-electron chi connectivity index (χ4n) is 2.84. The first-order chi connectivity index (χ1) is 14.0. The van der Waals surface area contributed by atoms with E-state index in [1.807, 2.05) is 38.1 Å². The van der Waals surface area contributed by atoms with Crippen molar-refractivity contribution in [2.24, 2.45) is 0 Å². The van der Waals surface area contributed by atoms with E-state index < -0.39 is 5.97 Å². The second-order valence-corrected chi connectivity index (χ2v) is 6.52. The molecule has 0 radical (unpaired) electrons. The van der Waals surface area contributed by atoms with Crippen molar-refractivity contribution >= 4 is 28.9 Å². The average molecular weight is 389 g/mol. The van der Waals surface area contributed by atoms with Crippen LogP contribution in [0.2, 0.25) is 0 Å². The number of rotatable bonds is 6. The van der Waals surface area contributed by atoms with Crippen LogP contribution in [0.3, 0.4) is 0 Å². The van der Waals surface area contributed by atoms with Crippen molar-refractivity contribution < 1.29 is 14.3 Å². The molecule has 0 aliphatic carbocycles. The first-order valence-electron chi connectivity index (χ1n) is 9.36. The number of carbonyl (C=O) groups excluding carboxylic acids is 2. The lowest BCUT2D eigenvalue weighted by Gasteiger charge is -2.13. The van der Waals surface area contributed by atoms with E-state index in [-0.39, 0.29) is 11.6 Å². The van der Waals surface area contributed by atoms with Gasteiger partial charge in [-0.2, -0.15) is 0 Å². The monoisotopic (exact) mass is 389 g/mol. The van der Waals surface area contributed by atoms with E-state index in [2.05, 4.69) is 15.6 Å². The number of pyridine rings is 1. The quantitative estimate of drug-likeness (QED) is 0.588. The summed E-state index contributed by atoms with van der Waals surface area (Å²) in [6.07, 6.45) is 1.55. The molecule has 0 aliphatic heterocycles. The van der Waals surface area contributed by atoms with Gasteiger partial charge in [0.2, 0.25) is 0 Å². The lowest BCUT2D eigenvalue weighted by atomic mass is 10.1. The molecular weight excluding hydrogens is 366 g/mol. The minimum absolute atomic E-state index is 0.268. The molecule has 0 saturated carbocycles. The second-order valence-electron chi connectivity index (χ2n) is 6.52. The summed E-state index contributed by atoms with van der Waals surface area (Å²) in [5, 5.41) is 6.07. The van der Waals surface area contributed by atoms with Gasteiger partial charge in [-0.15, -0.1) is 0 Å². The number of benzene rings is 2. The molecule has 1 heterocycles. The van der Waals surface area contributed by atoms with Crippen LogP contribution >= 0.6 is 0 Å². The van der Waals surface area contributed by atoms with E-state index in [0.29, 0.717) is 23.5 Å². The lowest BCUT2D eigenvalue weighted by molar-refractivity contribution is 0.0527. The molecule has 2 aromatic carbocycles. The van der Waals surface area contributed by atoms with Crippen LogP contribution in [0.25, 0.3) is 0 Å². The molecule has 0 bridgehead atoms. The Bertz CT molecular complexity index is 1050. The zero-order chi connectivity index (χ0) is 20.8. The number of carbonyl (C=O) groups is 2. The number of hydrogen-bond donors (Lipinski definition) is 2. The molecular formula is C23H23N3O3. The highest BCUT2D eigenvalue weighted by atomic mass is 16.5. The summed E-state index contributed by atoms with van der Waals surface area (Å²) in [5.41, 5.74) is 4.79. The van der Waals surface area contributed by atoms with E-state index in [0.717, 1.165) is 16.8 Å². The van der Waals surface area contributed by atoms with Crippen LogP contribution in [0.1, 0.15) is 38.9 Å². The Balaban J connectivity index is 1.81. The topological polar surface area (TPSA) is 80.3 Å². The first-order valence-corrected chi connectivity index (χ1v) is 9.36. The van der Waals surface area contributed by atoms with Gasteiger partial charge in [0.15, 0.2) is 0 Å². The maximum Gasteiger partial charge on any atom is 0.340 e. The van der Waals surface area contributed by atoms with Gasteiger partial charge >= 0.3 is 5.97 Å². The van der Waals surface area contributed by atoms with E-state index in [1.54, 1.807) is 43.5 Å². The molecule has 0 spiro atoms. The van der Waals surface area contributed by atoms with Gasteiger partial charge in [-0.05, 0) is 62.2 Å². The van der Waals surface area contributed by atoms with Gasteiger partial charge in [0, 0.05) is 17.6 Å². The number of aromatic nitrogens is 1. The zero-order valence-electron chi connectivity index (χ0n) is 16.7. The Morgan fingerprint density at radius 1 is 1.00 bits per heavy atom. The Hall–Kier alpha value is -3.67. The Labute approximate surface area is 169 Å². The third-order valence-corrected chi connectivity index (χ3v) is 4.55. The highest BCUT2D eigenvalue weighted by Crippen LogP contribution is 2.23. The number of para-hydroxylation sites is 1. The average Bonchev–Trinajstić information content (AvgIpc) is 2.72. The normalized spacial score (nSPS) is 10.3. The van der Waals surface area contributed by atoms with Crippen molar-refractivity contribution in [3.63, 3.8) is 0 Å². The van der Waals surface area contributed by atoms with Gasteiger partial charge in [-0.3, -0.25) is 9.78 Å². The summed E-state index contributed by atoms with van der Waals surface area (Å²) in [4.78, 5) is 29.0. The Morgan fingerprint density at radius 2 is 1.76 bits per heavy atom. The summed E-state index contributed by atoms with van der Waals surface area (Å²) in [7, 11) is 0. The molecule has 0 fully saturated rings. The number of ether oxygens (including phenoxy) is 1. The molecule has 0 aliphatic rings. The van der Waals surface area contributed by atoms with Crippen molar-refractivity contribution in [1.29, 1.82) is 0 Å². The number of amides is 1. The van der Waals surface area contributed by atoms with Crippen LogP contribution < -0.4 is 10.6 Å². The summed E-state index contributed by atoms with van der Waals surface area (Å²) >= 11 is 0. The van der Waals surface area contributed by atoms with Crippen LogP contribution in [0.15, 0.2) is 60.8 Å². The SMILES string of the molecule is CCOC(=O)c1ccccc1Nc1ccnc(C(=O)Nc2cccc(C)c2C)c1. The maximum absolute atomic E-state index is 12.7. The zero-order valence-corrected chi connectivity index (χ0v) is 16.7. The molecule has 2 N–H and O–H groups in total. The van der Waals surface area contributed by atoms with Gasteiger partial charge in [-0.1, -0.05) is 24.3 Å². The molecule has 1 amide bonds. The smallest absolute Gasteiger partial charge is 0.340 e. The molecule has 3 rings (SSSR count). The molecule has 0 saturated heterocycles. The fraction of sp³-hybridized carbons (Fsp3) is 0.174. The van der Waals surface area contributed by atoms with E-state index in [1.165, 1.54) is 0 Å². The number of nitrogens with one attached hydrogen (secondary N) is 2. The summed E-state index contributed by atoms with van der Waals surface area (Å²) in [6.45, 7) is 6.01. The van der Waals surface area contributed by atoms with Crippen LogP contribution in [-0.4, -0.2) is 23.5 Å². The van der Waals surface area contributed by atoms with Crippen LogP contribution in [0, 0.1) is 13.8 Å². The molecule has 0 atom stereocenters. The highest BCUT2D eigenvalue weighted by molar-refractivity contribution is 6.04. The second kappa shape index (κ2) is 9.01. The third-order valence-electron chi connectivity index (χ3n) is 4.55. The van der Waals surface area contributed by atoms with E-state index in [4.69, 9.17) is 4.74 Å². The molecule has 29 heavy (non-hydrogen) atoms.